The predicted molar refractivity (Wildman–Crippen MR) is 93.3 cm³/mol. The maximum absolute atomic E-state index is 12.5. The summed E-state index contributed by atoms with van der Waals surface area (Å²) in [4.78, 5) is 29.0. The van der Waals surface area contributed by atoms with Gasteiger partial charge in [-0.2, -0.15) is 0 Å². The highest BCUT2D eigenvalue weighted by Crippen LogP contribution is 2.23. The molecule has 1 saturated carbocycles. The molecule has 5 nitrogen and oxygen atoms in total. The van der Waals surface area contributed by atoms with E-state index in [2.05, 4.69) is 33.2 Å². The average molecular weight is 378 g/mol. The normalized spacial score (nSPS) is 21.3. The minimum Gasteiger partial charge on any atom is -0.352 e. The number of nitrogens with one attached hydrogen (secondary N) is 1. The Hall–Kier alpha value is -1.69. The van der Waals surface area contributed by atoms with Crippen LogP contribution in [0, 0.1) is 5.92 Å². The van der Waals surface area contributed by atoms with E-state index in [0.29, 0.717) is 16.8 Å². The summed E-state index contributed by atoms with van der Waals surface area (Å²) in [6.45, 7) is 2.18. The van der Waals surface area contributed by atoms with Crippen LogP contribution in [-0.4, -0.2) is 21.5 Å². The smallest absolute Gasteiger partial charge is 0.261 e. The van der Waals surface area contributed by atoms with E-state index in [1.807, 2.05) is 6.07 Å². The van der Waals surface area contributed by atoms with Crippen molar-refractivity contribution in [3.05, 3.63) is 39.4 Å². The van der Waals surface area contributed by atoms with Crippen LogP contribution in [0.5, 0.6) is 0 Å². The van der Waals surface area contributed by atoms with Crippen LogP contribution in [0.25, 0.3) is 10.9 Å². The van der Waals surface area contributed by atoms with Crippen LogP contribution in [0.1, 0.15) is 32.6 Å². The molecule has 2 aromatic rings. The molecule has 0 spiro atoms. The molecule has 1 aromatic carbocycles. The Morgan fingerprint density at radius 3 is 2.96 bits per heavy atom. The van der Waals surface area contributed by atoms with Gasteiger partial charge in [-0.25, -0.2) is 4.98 Å². The Labute approximate surface area is 143 Å². The van der Waals surface area contributed by atoms with E-state index in [1.54, 1.807) is 12.1 Å². The predicted octanol–water partition coefficient (Wildman–Crippen LogP) is 2.85. The second kappa shape index (κ2) is 6.83. The maximum Gasteiger partial charge on any atom is 0.261 e. The summed E-state index contributed by atoms with van der Waals surface area (Å²) in [6, 6.07) is 5.59. The first-order chi connectivity index (χ1) is 11.0. The van der Waals surface area contributed by atoms with Crippen LogP contribution in [0.3, 0.4) is 0 Å². The van der Waals surface area contributed by atoms with Crippen molar-refractivity contribution in [3.63, 3.8) is 0 Å². The number of aromatic nitrogens is 2. The molecule has 0 unspecified atom stereocenters. The first kappa shape index (κ1) is 16.2. The van der Waals surface area contributed by atoms with Crippen molar-refractivity contribution in [1.82, 2.24) is 14.9 Å². The van der Waals surface area contributed by atoms with Crippen LogP contribution in [-0.2, 0) is 11.3 Å². The fraction of sp³-hybridized carbons (Fsp3) is 0.471. The number of amides is 1. The molecule has 0 aliphatic heterocycles. The van der Waals surface area contributed by atoms with Gasteiger partial charge < -0.3 is 5.32 Å². The number of nitrogens with zero attached hydrogens (tertiary/aromatic N) is 2. The summed E-state index contributed by atoms with van der Waals surface area (Å²) in [5, 5.41) is 3.58. The van der Waals surface area contributed by atoms with Gasteiger partial charge in [0.2, 0.25) is 5.91 Å². The van der Waals surface area contributed by atoms with Crippen LogP contribution < -0.4 is 10.9 Å². The lowest BCUT2D eigenvalue weighted by molar-refractivity contribution is -0.123. The lowest BCUT2D eigenvalue weighted by Gasteiger charge is -2.29. The molecule has 1 aliphatic rings. The minimum absolute atomic E-state index is 0.0114. The highest BCUT2D eigenvalue weighted by Gasteiger charge is 2.22. The SMILES string of the molecule is C[C@@H]1CCCC[C@@H]1NC(=O)Cn1cnc2ccc(Br)cc2c1=O. The number of fused-ring (bicyclic) bond motifs is 1. The molecule has 1 aromatic heterocycles. The zero-order chi connectivity index (χ0) is 16.4. The zero-order valence-electron chi connectivity index (χ0n) is 13.1. The number of hydrogen-bond acceptors (Lipinski definition) is 3. The molecule has 1 aliphatic carbocycles. The van der Waals surface area contributed by atoms with Crippen molar-refractivity contribution < 1.29 is 4.79 Å². The molecule has 6 heteroatoms. The standard InChI is InChI=1S/C17H20BrN3O2/c1-11-4-2-3-5-14(11)20-16(22)9-21-10-19-15-7-6-12(18)8-13(15)17(21)23/h6-8,10-11,14H,2-5,9H2,1H3,(H,20,22)/t11-,14+/m1/s1. The lowest BCUT2D eigenvalue weighted by atomic mass is 9.86. The molecule has 1 amide bonds. The van der Waals surface area contributed by atoms with Crippen molar-refractivity contribution in [2.75, 3.05) is 0 Å². The lowest BCUT2D eigenvalue weighted by Crippen LogP contribution is -2.43. The monoisotopic (exact) mass is 377 g/mol. The van der Waals surface area contributed by atoms with Gasteiger partial charge in [0.1, 0.15) is 6.54 Å². The van der Waals surface area contributed by atoms with Gasteiger partial charge in [-0.1, -0.05) is 35.7 Å². The van der Waals surface area contributed by atoms with Crippen molar-refractivity contribution in [2.24, 2.45) is 5.92 Å². The van der Waals surface area contributed by atoms with E-state index in [-0.39, 0.29) is 24.1 Å². The number of carbonyl (C=O) groups excluding carboxylic acids is 1. The first-order valence-corrected chi connectivity index (χ1v) is 8.78. The largest absolute Gasteiger partial charge is 0.352 e. The topological polar surface area (TPSA) is 64.0 Å². The summed E-state index contributed by atoms with van der Waals surface area (Å²) < 4.78 is 2.19. The number of hydrogen-bond donors (Lipinski definition) is 1. The quantitative estimate of drug-likeness (QED) is 0.894. The van der Waals surface area contributed by atoms with Crippen molar-refractivity contribution in [3.8, 4) is 0 Å². The molecule has 0 saturated heterocycles. The average Bonchev–Trinajstić information content (AvgIpc) is 2.53. The number of halogens is 1. The maximum atomic E-state index is 12.5. The highest BCUT2D eigenvalue weighted by molar-refractivity contribution is 9.10. The van der Waals surface area contributed by atoms with Crippen LogP contribution in [0.15, 0.2) is 33.8 Å². The molecule has 0 radical (unpaired) electrons. The molecular formula is C17H20BrN3O2. The third-order valence-corrected chi connectivity index (χ3v) is 5.05. The van der Waals surface area contributed by atoms with Gasteiger partial charge in [0.05, 0.1) is 17.2 Å². The molecule has 23 heavy (non-hydrogen) atoms. The molecule has 0 bridgehead atoms. The molecule has 1 N–H and O–H groups in total. The van der Waals surface area contributed by atoms with Gasteiger partial charge in [0.25, 0.3) is 5.56 Å². The van der Waals surface area contributed by atoms with Crippen LogP contribution in [0.2, 0.25) is 0 Å². The Kier molecular flexibility index (Phi) is 4.80. The van der Waals surface area contributed by atoms with Crippen molar-refractivity contribution in [1.29, 1.82) is 0 Å². The summed E-state index contributed by atoms with van der Waals surface area (Å²) in [5.74, 6) is 0.372. The highest BCUT2D eigenvalue weighted by atomic mass is 79.9. The van der Waals surface area contributed by atoms with Crippen LogP contribution in [0.4, 0.5) is 0 Å². The van der Waals surface area contributed by atoms with Gasteiger partial charge in [0, 0.05) is 10.5 Å². The van der Waals surface area contributed by atoms with E-state index < -0.39 is 0 Å². The first-order valence-electron chi connectivity index (χ1n) is 7.98. The molecule has 3 rings (SSSR count). The molecule has 2 atom stereocenters. The fourth-order valence-electron chi connectivity index (χ4n) is 3.18. The third-order valence-electron chi connectivity index (χ3n) is 4.56. The summed E-state index contributed by atoms with van der Waals surface area (Å²) in [7, 11) is 0. The summed E-state index contributed by atoms with van der Waals surface area (Å²) in [5.41, 5.74) is 0.443. The molecule has 1 fully saturated rings. The Balaban J connectivity index is 1.77. The summed E-state index contributed by atoms with van der Waals surface area (Å²) in [6.07, 6.45) is 6.00. The van der Waals surface area contributed by atoms with E-state index >= 15 is 0 Å². The zero-order valence-corrected chi connectivity index (χ0v) is 14.7. The van der Waals surface area contributed by atoms with Gasteiger partial charge in [-0.05, 0) is 37.0 Å². The Morgan fingerprint density at radius 2 is 2.17 bits per heavy atom. The Morgan fingerprint density at radius 1 is 1.39 bits per heavy atom. The second-order valence-electron chi connectivity index (χ2n) is 6.27. The molecule has 122 valence electrons. The van der Waals surface area contributed by atoms with E-state index in [4.69, 9.17) is 0 Å². The van der Waals surface area contributed by atoms with Gasteiger partial charge in [-0.15, -0.1) is 0 Å². The third kappa shape index (κ3) is 3.63. The number of carbonyl (C=O) groups is 1. The molecule has 1 heterocycles. The number of rotatable bonds is 3. The van der Waals surface area contributed by atoms with E-state index in [9.17, 15) is 9.59 Å². The van der Waals surface area contributed by atoms with Gasteiger partial charge in [0.15, 0.2) is 0 Å². The van der Waals surface area contributed by atoms with E-state index in [1.165, 1.54) is 17.3 Å². The fourth-order valence-corrected chi connectivity index (χ4v) is 3.54. The van der Waals surface area contributed by atoms with Crippen molar-refractivity contribution in [2.45, 2.75) is 45.2 Å². The van der Waals surface area contributed by atoms with E-state index in [0.717, 1.165) is 23.7 Å². The van der Waals surface area contributed by atoms with Crippen molar-refractivity contribution >= 4 is 32.7 Å². The second-order valence-corrected chi connectivity index (χ2v) is 7.19. The number of benzene rings is 1. The van der Waals surface area contributed by atoms with Gasteiger partial charge in [-0.3, -0.25) is 14.2 Å². The Bertz CT molecular complexity index is 787. The minimum atomic E-state index is -0.192. The van der Waals surface area contributed by atoms with Crippen LogP contribution >= 0.6 is 15.9 Å². The van der Waals surface area contributed by atoms with Gasteiger partial charge >= 0.3 is 0 Å². The summed E-state index contributed by atoms with van der Waals surface area (Å²) >= 11 is 3.36. The molecular weight excluding hydrogens is 358 g/mol.